The molecular weight excluding hydrogens is 260 g/mol. The highest BCUT2D eigenvalue weighted by Gasteiger charge is 2.42. The zero-order chi connectivity index (χ0) is 14.9. The van der Waals surface area contributed by atoms with E-state index in [-0.39, 0.29) is 23.5 Å². The van der Waals surface area contributed by atoms with Gasteiger partial charge in [-0.25, -0.2) is 4.79 Å². The molecule has 0 aromatic carbocycles. The van der Waals surface area contributed by atoms with Crippen LogP contribution < -0.4 is 22.3 Å². The molecule has 4 N–H and O–H groups in total. The average molecular weight is 282 g/mol. The van der Waals surface area contributed by atoms with E-state index < -0.39 is 11.2 Å². The number of aromatic nitrogens is 2. The number of rotatable bonds is 6. The number of aliphatic hydroxyl groups is 1. The lowest BCUT2D eigenvalue weighted by atomic mass is 10.1. The van der Waals surface area contributed by atoms with Crippen LogP contribution >= 0.6 is 0 Å². The fourth-order valence-corrected chi connectivity index (χ4v) is 2.23. The summed E-state index contributed by atoms with van der Waals surface area (Å²) in [5.41, 5.74) is 5.25. The van der Waals surface area contributed by atoms with Crippen LogP contribution in [0.15, 0.2) is 9.59 Å². The van der Waals surface area contributed by atoms with Crippen LogP contribution in [0.3, 0.4) is 0 Å². The van der Waals surface area contributed by atoms with Crippen molar-refractivity contribution in [3.63, 3.8) is 0 Å². The van der Waals surface area contributed by atoms with Gasteiger partial charge in [-0.15, -0.1) is 0 Å². The van der Waals surface area contributed by atoms with E-state index in [1.165, 1.54) is 11.6 Å². The summed E-state index contributed by atoms with van der Waals surface area (Å²) in [7, 11) is 1.44. The molecule has 1 heterocycles. The third-order valence-electron chi connectivity index (χ3n) is 3.96. The first-order valence-corrected chi connectivity index (χ1v) is 6.90. The van der Waals surface area contributed by atoms with Crippen LogP contribution in [-0.4, -0.2) is 27.4 Å². The maximum absolute atomic E-state index is 12.1. The van der Waals surface area contributed by atoms with E-state index in [4.69, 9.17) is 5.73 Å². The van der Waals surface area contributed by atoms with Crippen molar-refractivity contribution in [1.82, 2.24) is 9.13 Å². The highest BCUT2D eigenvalue weighted by molar-refractivity contribution is 5.60. The second-order valence-corrected chi connectivity index (χ2v) is 5.57. The van der Waals surface area contributed by atoms with Crippen LogP contribution in [0.1, 0.15) is 26.2 Å². The molecule has 0 saturated heterocycles. The molecule has 0 aliphatic heterocycles. The zero-order valence-corrected chi connectivity index (χ0v) is 12.0. The van der Waals surface area contributed by atoms with Gasteiger partial charge in [-0.3, -0.25) is 13.9 Å². The Labute approximate surface area is 117 Å². The van der Waals surface area contributed by atoms with Crippen LogP contribution in [0, 0.1) is 5.41 Å². The van der Waals surface area contributed by atoms with Crippen LogP contribution in [0.4, 0.5) is 11.5 Å². The van der Waals surface area contributed by atoms with Gasteiger partial charge in [0.25, 0.3) is 5.56 Å². The second kappa shape index (κ2) is 5.32. The lowest BCUT2D eigenvalue weighted by Crippen LogP contribution is -2.41. The minimum atomic E-state index is -0.423. The van der Waals surface area contributed by atoms with E-state index in [0.29, 0.717) is 13.1 Å². The van der Waals surface area contributed by atoms with E-state index in [2.05, 4.69) is 5.32 Å². The first-order chi connectivity index (χ1) is 9.45. The van der Waals surface area contributed by atoms with Crippen molar-refractivity contribution in [3.05, 3.63) is 20.8 Å². The van der Waals surface area contributed by atoms with Gasteiger partial charge in [0, 0.05) is 25.6 Å². The highest BCUT2D eigenvalue weighted by Crippen LogP contribution is 2.44. The molecule has 1 saturated carbocycles. The van der Waals surface area contributed by atoms with Gasteiger partial charge in [0.2, 0.25) is 0 Å². The molecule has 0 spiro atoms. The number of anilines is 2. The van der Waals surface area contributed by atoms with Crippen LogP contribution in [-0.2, 0) is 13.6 Å². The molecule has 0 unspecified atom stereocenters. The fraction of sp³-hybridized carbons (Fsp3) is 0.692. The summed E-state index contributed by atoms with van der Waals surface area (Å²) in [4.78, 5) is 24.1. The Balaban J connectivity index is 2.37. The number of nitrogens with zero attached hydrogens (tertiary/aromatic N) is 2. The molecule has 1 aliphatic rings. The standard InChI is InChI=1S/C13H22N4O3/c1-3-6-17-10(14)9(11(19)16(2)12(17)20)15-7-13(8-18)4-5-13/h15,18H,3-8,14H2,1-2H3. The third-order valence-corrected chi connectivity index (χ3v) is 3.96. The van der Waals surface area contributed by atoms with Crippen molar-refractivity contribution in [2.75, 3.05) is 24.2 Å². The number of hydrogen-bond acceptors (Lipinski definition) is 5. The molecule has 1 aromatic heterocycles. The van der Waals surface area contributed by atoms with Crippen LogP contribution in [0.2, 0.25) is 0 Å². The van der Waals surface area contributed by atoms with E-state index in [9.17, 15) is 14.7 Å². The second-order valence-electron chi connectivity index (χ2n) is 5.57. The number of nitrogens with one attached hydrogen (secondary N) is 1. The maximum Gasteiger partial charge on any atom is 0.332 e. The molecule has 7 nitrogen and oxygen atoms in total. The molecule has 7 heteroatoms. The predicted molar refractivity (Wildman–Crippen MR) is 77.9 cm³/mol. The quantitative estimate of drug-likeness (QED) is 0.666. The van der Waals surface area contributed by atoms with Gasteiger partial charge < -0.3 is 16.2 Å². The van der Waals surface area contributed by atoms with Crippen LogP contribution in [0.25, 0.3) is 0 Å². The van der Waals surface area contributed by atoms with Gasteiger partial charge in [0.1, 0.15) is 11.5 Å². The van der Waals surface area contributed by atoms with Crippen molar-refractivity contribution in [2.45, 2.75) is 32.7 Å². The fourth-order valence-electron chi connectivity index (χ4n) is 2.23. The molecule has 0 amide bonds. The van der Waals surface area contributed by atoms with Gasteiger partial charge in [0.15, 0.2) is 0 Å². The van der Waals surface area contributed by atoms with Crippen molar-refractivity contribution in [1.29, 1.82) is 0 Å². The Morgan fingerprint density at radius 3 is 2.55 bits per heavy atom. The van der Waals surface area contributed by atoms with Gasteiger partial charge in [-0.05, 0) is 19.3 Å². The van der Waals surface area contributed by atoms with Crippen molar-refractivity contribution in [3.8, 4) is 0 Å². The van der Waals surface area contributed by atoms with Crippen molar-refractivity contribution < 1.29 is 5.11 Å². The van der Waals surface area contributed by atoms with E-state index in [1.54, 1.807) is 0 Å². The van der Waals surface area contributed by atoms with E-state index >= 15 is 0 Å². The Hall–Kier alpha value is -1.76. The summed E-state index contributed by atoms with van der Waals surface area (Å²) in [6.45, 7) is 3.00. The molecule has 1 aliphatic carbocycles. The smallest absolute Gasteiger partial charge is 0.332 e. The topological polar surface area (TPSA) is 102 Å². The normalized spacial score (nSPS) is 16.1. The first kappa shape index (κ1) is 14.6. The van der Waals surface area contributed by atoms with E-state index in [1.807, 2.05) is 6.92 Å². The lowest BCUT2D eigenvalue weighted by molar-refractivity contribution is 0.219. The van der Waals surface area contributed by atoms with Crippen molar-refractivity contribution >= 4 is 11.5 Å². The summed E-state index contributed by atoms with van der Waals surface area (Å²) >= 11 is 0. The number of aliphatic hydroxyl groups excluding tert-OH is 1. The zero-order valence-electron chi connectivity index (χ0n) is 12.0. The molecule has 0 radical (unpaired) electrons. The summed E-state index contributed by atoms with van der Waals surface area (Å²) in [5.74, 6) is 0.175. The first-order valence-electron chi connectivity index (χ1n) is 6.90. The maximum atomic E-state index is 12.1. The van der Waals surface area contributed by atoms with Crippen LogP contribution in [0.5, 0.6) is 0 Å². The Morgan fingerprint density at radius 2 is 2.05 bits per heavy atom. The molecule has 2 rings (SSSR count). The number of nitrogens with two attached hydrogens (primary N) is 1. The summed E-state index contributed by atoms with van der Waals surface area (Å²) < 4.78 is 2.47. The predicted octanol–water partition coefficient (Wildman–Crippen LogP) is -0.276. The Morgan fingerprint density at radius 1 is 1.40 bits per heavy atom. The molecule has 0 bridgehead atoms. The average Bonchev–Trinajstić information content (AvgIpc) is 3.22. The SMILES string of the molecule is CCCn1c(N)c(NCC2(CO)CC2)c(=O)n(C)c1=O. The summed E-state index contributed by atoms with van der Waals surface area (Å²) in [6.07, 6.45) is 2.62. The van der Waals surface area contributed by atoms with Crippen molar-refractivity contribution in [2.24, 2.45) is 12.5 Å². The summed E-state index contributed by atoms with van der Waals surface area (Å²) in [6, 6.07) is 0. The van der Waals surface area contributed by atoms with Gasteiger partial charge in [-0.1, -0.05) is 6.92 Å². The molecule has 112 valence electrons. The van der Waals surface area contributed by atoms with E-state index in [0.717, 1.165) is 23.8 Å². The third kappa shape index (κ3) is 2.45. The largest absolute Gasteiger partial charge is 0.396 e. The minimum Gasteiger partial charge on any atom is -0.396 e. The van der Waals surface area contributed by atoms with Gasteiger partial charge in [0.05, 0.1) is 6.61 Å². The van der Waals surface area contributed by atoms with Gasteiger partial charge >= 0.3 is 5.69 Å². The molecule has 1 fully saturated rings. The highest BCUT2D eigenvalue weighted by atomic mass is 16.3. The minimum absolute atomic E-state index is 0.0921. The molecule has 20 heavy (non-hydrogen) atoms. The molecule has 0 atom stereocenters. The number of nitrogen functional groups attached to an aromatic ring is 1. The molecule has 1 aromatic rings. The Kier molecular flexibility index (Phi) is 3.89. The van der Waals surface area contributed by atoms with Gasteiger partial charge in [-0.2, -0.15) is 0 Å². The summed E-state index contributed by atoms with van der Waals surface area (Å²) in [5, 5.41) is 12.3. The monoisotopic (exact) mass is 282 g/mol. The Bertz CT molecular complexity index is 613. The number of hydrogen-bond donors (Lipinski definition) is 3. The molecular formula is C13H22N4O3. The lowest BCUT2D eigenvalue weighted by Gasteiger charge is -2.18.